The molecule has 3 aromatic carbocycles. The van der Waals surface area contributed by atoms with Crippen molar-refractivity contribution in [2.24, 2.45) is 0 Å². The van der Waals surface area contributed by atoms with Gasteiger partial charge in [0, 0.05) is 23.0 Å². The smallest absolute Gasteiger partial charge is 0.229 e. The van der Waals surface area contributed by atoms with Gasteiger partial charge in [-0.1, -0.05) is 71.9 Å². The van der Waals surface area contributed by atoms with Gasteiger partial charge in [-0.3, -0.25) is 9.69 Å². The summed E-state index contributed by atoms with van der Waals surface area (Å²) in [4.78, 5) is 17.1. The lowest BCUT2D eigenvalue weighted by Crippen LogP contribution is -2.47. The number of benzene rings is 3. The van der Waals surface area contributed by atoms with Gasteiger partial charge in [0.05, 0.1) is 29.2 Å². The van der Waals surface area contributed by atoms with E-state index in [1.165, 1.54) is 11.8 Å². The highest BCUT2D eigenvalue weighted by Gasteiger charge is 2.38. The van der Waals surface area contributed by atoms with Crippen LogP contribution >= 0.6 is 23.4 Å². The van der Waals surface area contributed by atoms with Crippen molar-refractivity contribution in [3.63, 3.8) is 0 Å². The van der Waals surface area contributed by atoms with Gasteiger partial charge >= 0.3 is 0 Å². The fourth-order valence-corrected chi connectivity index (χ4v) is 5.83. The average Bonchev–Trinajstić information content (AvgIpc) is 2.89. The first kappa shape index (κ1) is 23.3. The molecule has 2 aliphatic rings. The number of hydrogen-bond acceptors (Lipinski definition) is 5. The predicted molar refractivity (Wildman–Crippen MR) is 140 cm³/mol. The third-order valence-electron chi connectivity index (χ3n) is 6.38. The standard InChI is InChI=1S/C28H24ClN3O2S/c1-19-25(29)11-6-12-26(19)31-17-32-27(33)14-23(24(15-30)28(32)35-18-31)21-9-5-10-22(13-21)34-16-20-7-3-2-4-8-20/h2-13,23H,14,16-18H2,1H3. The highest BCUT2D eigenvalue weighted by molar-refractivity contribution is 8.03. The zero-order chi connectivity index (χ0) is 24.4. The molecule has 0 bridgehead atoms. The van der Waals surface area contributed by atoms with E-state index in [-0.39, 0.29) is 18.2 Å². The first-order valence-corrected chi connectivity index (χ1v) is 12.8. The van der Waals surface area contributed by atoms with E-state index in [0.717, 1.165) is 33.2 Å². The highest BCUT2D eigenvalue weighted by atomic mass is 35.5. The number of nitriles is 1. The molecule has 2 heterocycles. The number of rotatable bonds is 5. The predicted octanol–water partition coefficient (Wildman–Crippen LogP) is 6.45. The molecule has 1 atom stereocenters. The van der Waals surface area contributed by atoms with E-state index in [0.29, 0.717) is 29.7 Å². The Morgan fingerprint density at radius 3 is 2.71 bits per heavy atom. The Bertz CT molecular complexity index is 1340. The summed E-state index contributed by atoms with van der Waals surface area (Å²) in [5.41, 5.74) is 4.62. The molecule has 0 aliphatic carbocycles. The van der Waals surface area contributed by atoms with Gasteiger partial charge in [-0.2, -0.15) is 5.26 Å². The van der Waals surface area contributed by atoms with E-state index in [1.807, 2.05) is 79.7 Å². The number of carbonyl (C=O) groups excluding carboxylic acids is 1. The maximum absolute atomic E-state index is 13.3. The number of carbonyl (C=O) groups is 1. The molecule has 1 amide bonds. The number of thioether (sulfide) groups is 1. The minimum Gasteiger partial charge on any atom is -0.489 e. The van der Waals surface area contributed by atoms with Crippen LogP contribution in [0.4, 0.5) is 5.69 Å². The number of halogens is 1. The van der Waals surface area contributed by atoms with E-state index < -0.39 is 0 Å². The van der Waals surface area contributed by atoms with Crippen LogP contribution in [0.3, 0.4) is 0 Å². The molecule has 2 aliphatic heterocycles. The van der Waals surface area contributed by atoms with Gasteiger partial charge in [0.15, 0.2) is 0 Å². The van der Waals surface area contributed by atoms with Gasteiger partial charge in [-0.05, 0) is 47.9 Å². The molecule has 1 unspecified atom stereocenters. The van der Waals surface area contributed by atoms with Crippen LogP contribution in [0.5, 0.6) is 5.75 Å². The third kappa shape index (κ3) is 4.75. The van der Waals surface area contributed by atoms with Crippen molar-refractivity contribution in [2.45, 2.75) is 25.9 Å². The Hall–Kier alpha value is -3.40. The summed E-state index contributed by atoms with van der Waals surface area (Å²) < 4.78 is 5.99. The molecule has 0 saturated carbocycles. The maximum atomic E-state index is 13.3. The van der Waals surface area contributed by atoms with Crippen LogP contribution < -0.4 is 9.64 Å². The van der Waals surface area contributed by atoms with E-state index in [9.17, 15) is 10.1 Å². The molecule has 176 valence electrons. The first-order valence-electron chi connectivity index (χ1n) is 11.4. The van der Waals surface area contributed by atoms with Crippen LogP contribution in [0, 0.1) is 18.3 Å². The molecule has 35 heavy (non-hydrogen) atoms. The number of anilines is 1. The molecule has 1 fully saturated rings. The van der Waals surface area contributed by atoms with Gasteiger partial charge in [-0.25, -0.2) is 0 Å². The normalized spacial score (nSPS) is 17.7. The summed E-state index contributed by atoms with van der Waals surface area (Å²) >= 11 is 7.85. The number of amides is 1. The lowest BCUT2D eigenvalue weighted by molar-refractivity contribution is -0.129. The number of fused-ring (bicyclic) bond motifs is 1. The largest absolute Gasteiger partial charge is 0.489 e. The van der Waals surface area contributed by atoms with Gasteiger partial charge in [-0.15, -0.1) is 0 Å². The highest BCUT2D eigenvalue weighted by Crippen LogP contribution is 2.44. The minimum absolute atomic E-state index is 0.0106. The van der Waals surface area contributed by atoms with Crippen LogP contribution in [0.1, 0.15) is 29.0 Å². The second kappa shape index (κ2) is 10.1. The summed E-state index contributed by atoms with van der Waals surface area (Å²) in [6, 6.07) is 25.9. The van der Waals surface area contributed by atoms with Crippen LogP contribution in [0.15, 0.2) is 83.4 Å². The zero-order valence-electron chi connectivity index (χ0n) is 19.3. The minimum atomic E-state index is -0.286. The number of allylic oxidation sites excluding steroid dienone is 1. The lowest BCUT2D eigenvalue weighted by Gasteiger charge is -2.42. The van der Waals surface area contributed by atoms with Crippen LogP contribution in [-0.2, 0) is 11.4 Å². The maximum Gasteiger partial charge on any atom is 0.229 e. The summed E-state index contributed by atoms with van der Waals surface area (Å²) in [6.45, 7) is 2.85. The topological polar surface area (TPSA) is 56.6 Å². The molecule has 0 aromatic heterocycles. The number of ether oxygens (including phenoxy) is 1. The van der Waals surface area contributed by atoms with Crippen molar-refractivity contribution in [2.75, 3.05) is 17.4 Å². The molecule has 0 radical (unpaired) electrons. The Morgan fingerprint density at radius 1 is 1.11 bits per heavy atom. The van der Waals surface area contributed by atoms with Gasteiger partial charge in [0.25, 0.3) is 0 Å². The van der Waals surface area contributed by atoms with Crippen LogP contribution in [0.25, 0.3) is 0 Å². The van der Waals surface area contributed by atoms with E-state index in [2.05, 4.69) is 11.0 Å². The Labute approximate surface area is 214 Å². The molecule has 5 nitrogen and oxygen atoms in total. The molecule has 5 rings (SSSR count). The van der Waals surface area contributed by atoms with Crippen molar-refractivity contribution < 1.29 is 9.53 Å². The van der Waals surface area contributed by atoms with Gasteiger partial charge < -0.3 is 9.64 Å². The Balaban J connectivity index is 1.39. The SMILES string of the molecule is Cc1c(Cl)cccc1N1CSC2=C(C#N)C(c3cccc(OCc4ccccc4)c3)CC(=O)N2C1. The first-order chi connectivity index (χ1) is 17.0. The monoisotopic (exact) mass is 501 g/mol. The quantitative estimate of drug-likeness (QED) is 0.402. The molecule has 0 N–H and O–H groups in total. The number of nitrogens with zero attached hydrogens (tertiary/aromatic N) is 3. The van der Waals surface area contributed by atoms with E-state index >= 15 is 0 Å². The van der Waals surface area contributed by atoms with E-state index in [1.54, 1.807) is 4.90 Å². The summed E-state index contributed by atoms with van der Waals surface area (Å²) in [6.07, 6.45) is 0.247. The van der Waals surface area contributed by atoms with Crippen molar-refractivity contribution in [1.29, 1.82) is 5.26 Å². The van der Waals surface area contributed by atoms with Crippen LogP contribution in [-0.4, -0.2) is 23.4 Å². The van der Waals surface area contributed by atoms with Crippen LogP contribution in [0.2, 0.25) is 5.02 Å². The van der Waals surface area contributed by atoms with Crippen molar-refractivity contribution in [1.82, 2.24) is 4.90 Å². The zero-order valence-corrected chi connectivity index (χ0v) is 20.9. The summed E-state index contributed by atoms with van der Waals surface area (Å²) in [7, 11) is 0. The fraction of sp³-hybridized carbons (Fsp3) is 0.214. The summed E-state index contributed by atoms with van der Waals surface area (Å²) in [5.74, 6) is 1.09. The Morgan fingerprint density at radius 2 is 1.91 bits per heavy atom. The molecule has 1 saturated heterocycles. The molecule has 3 aromatic rings. The third-order valence-corrected chi connectivity index (χ3v) is 7.95. The molecule has 7 heteroatoms. The van der Waals surface area contributed by atoms with E-state index in [4.69, 9.17) is 16.3 Å². The molecular weight excluding hydrogens is 478 g/mol. The number of hydrogen-bond donors (Lipinski definition) is 0. The second-order valence-electron chi connectivity index (χ2n) is 8.59. The fourth-order valence-electron chi connectivity index (χ4n) is 4.50. The van der Waals surface area contributed by atoms with Gasteiger partial charge in [0.2, 0.25) is 5.91 Å². The average molecular weight is 502 g/mol. The van der Waals surface area contributed by atoms with Crippen molar-refractivity contribution >= 4 is 35.0 Å². The summed E-state index contributed by atoms with van der Waals surface area (Å²) in [5, 5.41) is 11.6. The van der Waals surface area contributed by atoms with Crippen molar-refractivity contribution in [3.8, 4) is 11.8 Å². The van der Waals surface area contributed by atoms with Crippen molar-refractivity contribution in [3.05, 3.63) is 105 Å². The Kier molecular flexibility index (Phi) is 6.72. The molecular formula is C28H24ClN3O2S. The second-order valence-corrected chi connectivity index (χ2v) is 9.94. The van der Waals surface area contributed by atoms with Gasteiger partial charge in [0.1, 0.15) is 12.4 Å². The molecule has 0 spiro atoms. The lowest BCUT2D eigenvalue weighted by atomic mass is 9.86.